The number of rotatable bonds is 23. The van der Waals surface area contributed by atoms with Gasteiger partial charge in [-0.15, -0.1) is 0 Å². The molecule has 0 bridgehead atoms. The van der Waals surface area contributed by atoms with Crippen LogP contribution in [0, 0.1) is 5.92 Å². The lowest BCUT2D eigenvalue weighted by atomic mass is 9.88. The van der Waals surface area contributed by atoms with Gasteiger partial charge in [0.25, 0.3) is 0 Å². The van der Waals surface area contributed by atoms with Gasteiger partial charge < -0.3 is 11.5 Å². The number of nitrogens with two attached hydrogens (primary N) is 2. The first-order valence-corrected chi connectivity index (χ1v) is 13.1. The van der Waals surface area contributed by atoms with Crippen LogP contribution in [0.3, 0.4) is 0 Å². The van der Waals surface area contributed by atoms with E-state index >= 15 is 0 Å². The van der Waals surface area contributed by atoms with Crippen molar-refractivity contribution in [2.24, 2.45) is 17.4 Å². The molecule has 0 saturated carbocycles. The minimum atomic E-state index is 0.0954. The molecule has 3 heteroatoms. The maximum atomic E-state index is 12.2. The first-order valence-electron chi connectivity index (χ1n) is 13.1. The lowest BCUT2D eigenvalue weighted by Gasteiger charge is -2.22. The van der Waals surface area contributed by atoms with Crippen molar-refractivity contribution >= 4 is 5.78 Å². The van der Waals surface area contributed by atoms with E-state index in [9.17, 15) is 4.79 Å². The molecule has 174 valence electrons. The van der Waals surface area contributed by atoms with Gasteiger partial charge in [-0.2, -0.15) is 0 Å². The second-order valence-corrected chi connectivity index (χ2v) is 9.23. The minimum Gasteiger partial charge on any atom is -0.329 e. The first-order chi connectivity index (χ1) is 14.2. The summed E-state index contributed by atoms with van der Waals surface area (Å²) in [5.41, 5.74) is 12.1. The molecule has 2 atom stereocenters. The number of unbranched alkanes of at least 4 members (excludes halogenated alkanes) is 13. The summed E-state index contributed by atoms with van der Waals surface area (Å²) in [5.74, 6) is 0.944. The van der Waals surface area contributed by atoms with Crippen molar-refractivity contribution in [3.05, 3.63) is 0 Å². The van der Waals surface area contributed by atoms with Gasteiger partial charge in [-0.25, -0.2) is 0 Å². The van der Waals surface area contributed by atoms with E-state index in [1.165, 1.54) is 96.3 Å². The molecule has 0 aromatic rings. The van der Waals surface area contributed by atoms with Crippen LogP contribution in [0.4, 0.5) is 0 Å². The van der Waals surface area contributed by atoms with Crippen molar-refractivity contribution in [1.82, 2.24) is 0 Å². The van der Waals surface area contributed by atoms with Crippen molar-refractivity contribution < 1.29 is 4.79 Å². The summed E-state index contributed by atoms with van der Waals surface area (Å²) < 4.78 is 0. The number of carbonyl (C=O) groups is 1. The van der Waals surface area contributed by atoms with E-state index < -0.39 is 0 Å². The normalized spacial score (nSPS) is 13.5. The van der Waals surface area contributed by atoms with Crippen LogP contribution >= 0.6 is 0 Å². The zero-order valence-corrected chi connectivity index (χ0v) is 20.1. The van der Waals surface area contributed by atoms with E-state index in [4.69, 9.17) is 11.5 Å². The Hall–Kier alpha value is -0.410. The summed E-state index contributed by atoms with van der Waals surface area (Å²) in [7, 11) is 0. The Morgan fingerprint density at radius 3 is 1.55 bits per heavy atom. The number of ketones is 1. The summed E-state index contributed by atoms with van der Waals surface area (Å²) >= 11 is 0. The van der Waals surface area contributed by atoms with Gasteiger partial charge in [0.2, 0.25) is 0 Å². The van der Waals surface area contributed by atoms with Crippen LogP contribution in [-0.4, -0.2) is 18.4 Å². The van der Waals surface area contributed by atoms with Crippen molar-refractivity contribution in [2.45, 2.75) is 148 Å². The highest BCUT2D eigenvalue weighted by Crippen LogP contribution is 2.21. The van der Waals surface area contributed by atoms with Gasteiger partial charge in [-0.1, -0.05) is 104 Å². The molecular formula is C26H54N2O. The third-order valence-electron chi connectivity index (χ3n) is 6.40. The SMILES string of the molecule is CCCCCCCCCCCC(=O)CCCC(CCCCCCCC)C(N)CN. The van der Waals surface area contributed by atoms with Crippen molar-refractivity contribution in [1.29, 1.82) is 0 Å². The molecule has 0 aromatic heterocycles. The van der Waals surface area contributed by atoms with Crippen LogP contribution < -0.4 is 11.5 Å². The molecular weight excluding hydrogens is 356 g/mol. The Bertz CT molecular complexity index is 346. The Kier molecular flexibility index (Phi) is 22.0. The van der Waals surface area contributed by atoms with Gasteiger partial charge in [-0.3, -0.25) is 4.79 Å². The Morgan fingerprint density at radius 2 is 1.03 bits per heavy atom. The van der Waals surface area contributed by atoms with Crippen LogP contribution in [0.25, 0.3) is 0 Å². The fourth-order valence-electron chi connectivity index (χ4n) is 4.27. The molecule has 0 heterocycles. The first kappa shape index (κ1) is 28.6. The fourth-order valence-corrected chi connectivity index (χ4v) is 4.27. The van der Waals surface area contributed by atoms with Gasteiger partial charge in [0.05, 0.1) is 0 Å². The van der Waals surface area contributed by atoms with Crippen LogP contribution in [-0.2, 0) is 4.79 Å². The lowest BCUT2D eigenvalue weighted by Crippen LogP contribution is -2.37. The topological polar surface area (TPSA) is 69.1 Å². The van der Waals surface area contributed by atoms with Crippen molar-refractivity contribution in [3.63, 3.8) is 0 Å². The van der Waals surface area contributed by atoms with E-state index in [2.05, 4.69) is 13.8 Å². The standard InChI is InChI=1S/C26H54N2O/c1-3-5-7-9-11-12-13-15-17-21-25(29)22-18-20-24(26(28)23-27)19-16-14-10-8-6-4-2/h24,26H,3-23,27-28H2,1-2H3. The summed E-state index contributed by atoms with van der Waals surface area (Å²) in [5, 5.41) is 0. The minimum absolute atomic E-state index is 0.0954. The molecule has 0 fully saturated rings. The number of hydrogen-bond donors (Lipinski definition) is 2. The van der Waals surface area contributed by atoms with Gasteiger partial charge >= 0.3 is 0 Å². The molecule has 0 spiro atoms. The molecule has 0 amide bonds. The molecule has 2 unspecified atom stereocenters. The molecule has 29 heavy (non-hydrogen) atoms. The maximum Gasteiger partial charge on any atom is 0.132 e. The van der Waals surface area contributed by atoms with E-state index in [0.29, 0.717) is 18.2 Å². The third kappa shape index (κ3) is 19.3. The van der Waals surface area contributed by atoms with Crippen LogP contribution in [0.2, 0.25) is 0 Å². The third-order valence-corrected chi connectivity index (χ3v) is 6.40. The average Bonchev–Trinajstić information content (AvgIpc) is 2.73. The predicted octanol–water partition coefficient (Wildman–Crippen LogP) is 7.30. The molecule has 0 saturated heterocycles. The summed E-state index contributed by atoms with van der Waals surface area (Å²) in [6.07, 6.45) is 24.5. The Labute approximate surface area is 183 Å². The molecule has 0 rings (SSSR count). The Morgan fingerprint density at radius 1 is 0.621 bits per heavy atom. The van der Waals surface area contributed by atoms with Gasteiger partial charge in [0.1, 0.15) is 5.78 Å². The van der Waals surface area contributed by atoms with Crippen LogP contribution in [0.15, 0.2) is 0 Å². The van der Waals surface area contributed by atoms with E-state index in [0.717, 1.165) is 32.1 Å². The molecule has 0 radical (unpaired) electrons. The van der Waals surface area contributed by atoms with Crippen molar-refractivity contribution in [3.8, 4) is 0 Å². The second kappa shape index (κ2) is 22.3. The quantitative estimate of drug-likeness (QED) is 0.174. The molecule has 0 aliphatic heterocycles. The van der Waals surface area contributed by atoms with E-state index in [-0.39, 0.29) is 6.04 Å². The largest absolute Gasteiger partial charge is 0.329 e. The molecule has 3 nitrogen and oxygen atoms in total. The smallest absolute Gasteiger partial charge is 0.132 e. The predicted molar refractivity (Wildman–Crippen MR) is 129 cm³/mol. The maximum absolute atomic E-state index is 12.2. The van der Waals surface area contributed by atoms with Gasteiger partial charge in [0.15, 0.2) is 0 Å². The number of hydrogen-bond acceptors (Lipinski definition) is 3. The molecule has 0 aromatic carbocycles. The highest BCUT2D eigenvalue weighted by molar-refractivity contribution is 5.78. The van der Waals surface area contributed by atoms with Crippen molar-refractivity contribution in [2.75, 3.05) is 6.54 Å². The van der Waals surface area contributed by atoms with Gasteiger partial charge in [0, 0.05) is 25.4 Å². The summed E-state index contributed by atoms with van der Waals surface area (Å²) in [6.45, 7) is 5.08. The zero-order valence-electron chi connectivity index (χ0n) is 20.1. The van der Waals surface area contributed by atoms with E-state index in [1.807, 2.05) is 0 Å². The zero-order chi connectivity index (χ0) is 21.6. The lowest BCUT2D eigenvalue weighted by molar-refractivity contribution is -0.119. The fraction of sp³-hybridized carbons (Fsp3) is 0.962. The molecule has 4 N–H and O–H groups in total. The van der Waals surface area contributed by atoms with Crippen LogP contribution in [0.5, 0.6) is 0 Å². The van der Waals surface area contributed by atoms with E-state index in [1.54, 1.807) is 0 Å². The molecule has 0 aliphatic rings. The Balaban J connectivity index is 3.71. The second-order valence-electron chi connectivity index (χ2n) is 9.23. The monoisotopic (exact) mass is 410 g/mol. The highest BCUT2D eigenvalue weighted by Gasteiger charge is 2.16. The number of Topliss-reactive ketones (excluding diaryl/α,β-unsaturated/α-hetero) is 1. The number of carbonyl (C=O) groups excluding carboxylic acids is 1. The molecule has 0 aliphatic carbocycles. The average molecular weight is 411 g/mol. The highest BCUT2D eigenvalue weighted by atomic mass is 16.1. The summed E-state index contributed by atoms with van der Waals surface area (Å²) in [4.78, 5) is 12.2. The summed E-state index contributed by atoms with van der Waals surface area (Å²) in [6, 6.07) is 0.0954. The van der Waals surface area contributed by atoms with Gasteiger partial charge in [-0.05, 0) is 31.6 Å². The van der Waals surface area contributed by atoms with Crippen LogP contribution in [0.1, 0.15) is 142 Å².